The highest BCUT2D eigenvalue weighted by molar-refractivity contribution is 5.87. The van der Waals surface area contributed by atoms with Gasteiger partial charge in [-0.25, -0.2) is 0 Å². The molecular formula is C21H30O3. The number of fused-ring (bicyclic) bond motifs is 5. The minimum Gasteiger partial charge on any atom is -0.458 e. The van der Waals surface area contributed by atoms with Gasteiger partial charge in [-0.2, -0.15) is 0 Å². The summed E-state index contributed by atoms with van der Waals surface area (Å²) in [5, 5.41) is 0. The van der Waals surface area contributed by atoms with Crippen molar-refractivity contribution >= 4 is 11.8 Å². The molecule has 0 saturated heterocycles. The highest BCUT2D eigenvalue weighted by atomic mass is 16.5. The van der Waals surface area contributed by atoms with Crippen molar-refractivity contribution in [1.29, 1.82) is 0 Å². The molecule has 0 bridgehead atoms. The van der Waals surface area contributed by atoms with Crippen molar-refractivity contribution in [2.24, 2.45) is 28.6 Å². The normalized spacial score (nSPS) is 47.3. The van der Waals surface area contributed by atoms with Gasteiger partial charge in [0.25, 0.3) is 0 Å². The summed E-state index contributed by atoms with van der Waals surface area (Å²) in [5.74, 6) is 2.20. The number of hydrogen-bond donors (Lipinski definition) is 0. The lowest BCUT2D eigenvalue weighted by atomic mass is 9.48. The molecule has 0 radical (unpaired) electrons. The van der Waals surface area contributed by atoms with Gasteiger partial charge in [0.15, 0.2) is 0 Å². The average molecular weight is 330 g/mol. The second-order valence-corrected chi connectivity index (χ2v) is 9.10. The van der Waals surface area contributed by atoms with Crippen molar-refractivity contribution in [3.63, 3.8) is 0 Å². The first-order valence-electron chi connectivity index (χ1n) is 9.77. The molecule has 0 heterocycles. The molecule has 0 aromatic carbocycles. The Morgan fingerprint density at radius 1 is 1.12 bits per heavy atom. The Hall–Kier alpha value is -1.12. The fraction of sp³-hybridized carbons (Fsp3) is 0.810. The van der Waals surface area contributed by atoms with E-state index < -0.39 is 0 Å². The number of carbonyl (C=O) groups excluding carboxylic acids is 2. The Morgan fingerprint density at radius 3 is 2.62 bits per heavy atom. The van der Waals surface area contributed by atoms with Crippen LogP contribution in [0.1, 0.15) is 72.1 Å². The number of esters is 1. The fourth-order valence-electron chi connectivity index (χ4n) is 6.85. The smallest absolute Gasteiger partial charge is 0.303 e. The Morgan fingerprint density at radius 2 is 1.88 bits per heavy atom. The molecule has 0 aliphatic heterocycles. The van der Waals surface area contributed by atoms with E-state index in [-0.39, 0.29) is 22.9 Å². The average Bonchev–Trinajstić information content (AvgIpc) is 2.82. The van der Waals surface area contributed by atoms with Gasteiger partial charge >= 0.3 is 5.97 Å². The van der Waals surface area contributed by atoms with E-state index in [1.54, 1.807) is 0 Å². The van der Waals surface area contributed by atoms with Gasteiger partial charge in [0.05, 0.1) is 0 Å². The van der Waals surface area contributed by atoms with Gasteiger partial charge in [-0.3, -0.25) is 9.59 Å². The zero-order valence-corrected chi connectivity index (χ0v) is 15.3. The van der Waals surface area contributed by atoms with Gasteiger partial charge in [-0.05, 0) is 73.7 Å². The van der Waals surface area contributed by atoms with Crippen LogP contribution in [0.25, 0.3) is 0 Å². The lowest BCUT2D eigenvalue weighted by Gasteiger charge is -2.57. The summed E-state index contributed by atoms with van der Waals surface area (Å²) in [7, 11) is 0. The molecule has 3 fully saturated rings. The minimum absolute atomic E-state index is 0.0132. The van der Waals surface area contributed by atoms with Crippen molar-refractivity contribution in [2.75, 3.05) is 0 Å². The number of rotatable bonds is 1. The molecule has 132 valence electrons. The lowest BCUT2D eigenvalue weighted by molar-refractivity contribution is -0.148. The van der Waals surface area contributed by atoms with Crippen LogP contribution < -0.4 is 0 Å². The molecule has 0 spiro atoms. The molecule has 4 rings (SSSR count). The van der Waals surface area contributed by atoms with Crippen LogP contribution in [0, 0.1) is 28.6 Å². The van der Waals surface area contributed by atoms with Crippen LogP contribution in [-0.4, -0.2) is 17.9 Å². The second kappa shape index (κ2) is 5.44. The first-order valence-corrected chi connectivity index (χ1v) is 9.77. The molecule has 0 amide bonds. The third kappa shape index (κ3) is 2.16. The van der Waals surface area contributed by atoms with Crippen LogP contribution in [0.2, 0.25) is 0 Å². The summed E-state index contributed by atoms with van der Waals surface area (Å²) in [4.78, 5) is 24.0. The summed E-state index contributed by atoms with van der Waals surface area (Å²) < 4.78 is 5.67. The summed E-state index contributed by atoms with van der Waals surface area (Å²) in [6.07, 6.45) is 10.8. The van der Waals surface area contributed by atoms with Gasteiger partial charge in [-0.15, -0.1) is 0 Å². The van der Waals surface area contributed by atoms with Crippen LogP contribution >= 0.6 is 0 Å². The van der Waals surface area contributed by atoms with E-state index >= 15 is 0 Å². The van der Waals surface area contributed by atoms with Crippen LogP contribution in [0.5, 0.6) is 0 Å². The van der Waals surface area contributed by atoms with E-state index in [4.69, 9.17) is 4.74 Å². The van der Waals surface area contributed by atoms with E-state index in [2.05, 4.69) is 19.9 Å². The minimum atomic E-state index is -0.162. The summed E-state index contributed by atoms with van der Waals surface area (Å²) >= 11 is 0. The number of hydrogen-bond acceptors (Lipinski definition) is 3. The van der Waals surface area contributed by atoms with Crippen molar-refractivity contribution in [3.8, 4) is 0 Å². The molecule has 3 nitrogen and oxygen atoms in total. The molecule has 3 heteroatoms. The quantitative estimate of drug-likeness (QED) is 0.527. The number of allylic oxidation sites excluding steroid dienone is 1. The van der Waals surface area contributed by atoms with Crippen molar-refractivity contribution < 1.29 is 14.3 Å². The van der Waals surface area contributed by atoms with Gasteiger partial charge in [0, 0.05) is 18.8 Å². The van der Waals surface area contributed by atoms with Gasteiger partial charge in [0.2, 0.25) is 0 Å². The number of ketones is 1. The molecule has 4 aliphatic rings. The molecule has 0 N–H and O–H groups in total. The molecule has 3 saturated carbocycles. The topological polar surface area (TPSA) is 43.4 Å². The third-order valence-electron chi connectivity index (χ3n) is 8.05. The molecular weight excluding hydrogens is 300 g/mol. The van der Waals surface area contributed by atoms with Crippen molar-refractivity contribution in [1.82, 2.24) is 0 Å². The predicted molar refractivity (Wildman–Crippen MR) is 92.3 cm³/mol. The maximum atomic E-state index is 12.5. The highest BCUT2D eigenvalue weighted by Gasteiger charge is 2.59. The Bertz CT molecular complexity index is 606. The zero-order valence-electron chi connectivity index (χ0n) is 15.3. The molecule has 0 aromatic heterocycles. The van der Waals surface area contributed by atoms with Crippen LogP contribution in [0.3, 0.4) is 0 Å². The summed E-state index contributed by atoms with van der Waals surface area (Å²) in [6, 6.07) is 0. The van der Waals surface area contributed by atoms with E-state index in [9.17, 15) is 9.59 Å². The van der Waals surface area contributed by atoms with Crippen LogP contribution in [0.15, 0.2) is 11.6 Å². The third-order valence-corrected chi connectivity index (χ3v) is 8.05. The van der Waals surface area contributed by atoms with E-state index in [0.29, 0.717) is 23.5 Å². The van der Waals surface area contributed by atoms with E-state index in [1.165, 1.54) is 18.9 Å². The standard InChI is InChI=1S/C21H30O3/c1-13(22)24-18-5-4-11-20(2)16-10-12-21(3)15(8-9-19(21)23)14(16)6-7-17(18)20/h7,14-16,18H,4-6,8-12H2,1-3H3/t14-,15-,16-,18-,20+,21-/m0/s1. The van der Waals surface area contributed by atoms with E-state index in [0.717, 1.165) is 44.9 Å². The number of carbonyl (C=O) groups is 2. The first-order chi connectivity index (χ1) is 11.4. The predicted octanol–water partition coefficient (Wildman–Crippen LogP) is 4.45. The second-order valence-electron chi connectivity index (χ2n) is 9.10. The van der Waals surface area contributed by atoms with E-state index in [1.807, 2.05) is 0 Å². The molecule has 6 atom stereocenters. The maximum Gasteiger partial charge on any atom is 0.303 e. The van der Waals surface area contributed by atoms with Gasteiger partial charge in [-0.1, -0.05) is 19.9 Å². The van der Waals surface area contributed by atoms with Crippen LogP contribution in [-0.2, 0) is 14.3 Å². The van der Waals surface area contributed by atoms with Gasteiger partial charge < -0.3 is 4.74 Å². The Labute approximate surface area is 145 Å². The summed E-state index contributed by atoms with van der Waals surface area (Å²) in [5.41, 5.74) is 1.49. The molecule has 0 aromatic rings. The SMILES string of the molecule is CC(=O)O[C@H]1CCC[C@@]2(C)C1=CC[C@@H]1[C@@H]2CC[C@]2(C)C(=O)CC[C@@H]12. The zero-order chi connectivity index (χ0) is 17.1. The molecule has 0 unspecified atom stereocenters. The highest BCUT2D eigenvalue weighted by Crippen LogP contribution is 2.64. The molecule has 24 heavy (non-hydrogen) atoms. The first kappa shape index (κ1) is 16.4. The fourth-order valence-corrected chi connectivity index (χ4v) is 6.85. The maximum absolute atomic E-state index is 12.5. The van der Waals surface area contributed by atoms with Crippen LogP contribution in [0.4, 0.5) is 0 Å². The lowest BCUT2D eigenvalue weighted by Crippen LogP contribution is -2.51. The van der Waals surface area contributed by atoms with Crippen molar-refractivity contribution in [2.45, 2.75) is 78.2 Å². The largest absolute Gasteiger partial charge is 0.458 e. The number of Topliss-reactive ketones (excluding diaryl/α,β-unsaturated/α-hetero) is 1. The monoisotopic (exact) mass is 330 g/mol. The molecule has 4 aliphatic carbocycles. The van der Waals surface area contributed by atoms with Crippen molar-refractivity contribution in [3.05, 3.63) is 11.6 Å². The Balaban J connectivity index is 1.67. The number of ether oxygens (including phenoxy) is 1. The summed E-state index contributed by atoms with van der Waals surface area (Å²) in [6.45, 7) is 6.16. The Kier molecular flexibility index (Phi) is 3.71. The van der Waals surface area contributed by atoms with Gasteiger partial charge in [0.1, 0.15) is 11.9 Å².